The first-order valence-corrected chi connectivity index (χ1v) is 10.4. The molecule has 8 heteroatoms. The van der Waals surface area contributed by atoms with Crippen molar-refractivity contribution in [2.75, 3.05) is 26.7 Å². The molecule has 0 spiro atoms. The lowest BCUT2D eigenvalue weighted by Crippen LogP contribution is -2.52. The quantitative estimate of drug-likeness (QED) is 0.584. The Balaban J connectivity index is 1.34. The number of amides is 3. The number of carbonyl (C=O) groups is 2. The van der Waals surface area contributed by atoms with Gasteiger partial charge in [0.05, 0.1) is 18.0 Å². The molecular weight excluding hydrogens is 370 g/mol. The standard InChI is InChI=1S/C21H29N5O3/c1-24-11-5-8-16(12-24)20(27)23-19(22)18-10-9-17-13-25(18)21(28)26(17)29-14-15-6-3-2-4-7-15/h2-4,6-7,16-18H,5,8-14H2,1H3,(H2,22,23,27)/t16-,17+,18-/m0/s1. The van der Waals surface area contributed by atoms with Gasteiger partial charge >= 0.3 is 6.03 Å². The van der Waals surface area contributed by atoms with Crippen LogP contribution in [0.2, 0.25) is 0 Å². The molecule has 3 fully saturated rings. The van der Waals surface area contributed by atoms with Crippen LogP contribution in [0.15, 0.2) is 30.3 Å². The normalized spacial score (nSPS) is 27.2. The van der Waals surface area contributed by atoms with Crippen molar-refractivity contribution in [2.24, 2.45) is 5.92 Å². The molecule has 156 valence electrons. The summed E-state index contributed by atoms with van der Waals surface area (Å²) in [5.41, 5.74) is 1.01. The first kappa shape index (κ1) is 19.8. The number of piperidine rings is 2. The van der Waals surface area contributed by atoms with Crippen molar-refractivity contribution in [1.29, 1.82) is 5.41 Å². The SMILES string of the molecule is CN1CCC[C@H](C(=O)NC(=N)[C@@H]2CC[C@@H]3CN2C(=O)N3OCc2ccccc2)C1. The van der Waals surface area contributed by atoms with Gasteiger partial charge in [-0.3, -0.25) is 15.0 Å². The van der Waals surface area contributed by atoms with Crippen molar-refractivity contribution in [3.8, 4) is 0 Å². The lowest BCUT2D eigenvalue weighted by molar-refractivity contribution is -0.140. The third kappa shape index (κ3) is 4.28. The number of carbonyl (C=O) groups excluding carboxylic acids is 2. The smallest absolute Gasteiger partial charge is 0.313 e. The number of fused-ring (bicyclic) bond motifs is 2. The zero-order valence-electron chi connectivity index (χ0n) is 16.8. The van der Waals surface area contributed by atoms with E-state index in [0.29, 0.717) is 19.6 Å². The molecule has 0 saturated carbocycles. The summed E-state index contributed by atoms with van der Waals surface area (Å²) in [4.78, 5) is 35.1. The summed E-state index contributed by atoms with van der Waals surface area (Å²) < 4.78 is 0. The molecule has 3 heterocycles. The average molecular weight is 399 g/mol. The Morgan fingerprint density at radius 2 is 2.00 bits per heavy atom. The molecule has 0 aliphatic carbocycles. The van der Waals surface area contributed by atoms with Crippen LogP contribution in [0.4, 0.5) is 4.79 Å². The van der Waals surface area contributed by atoms with Crippen molar-refractivity contribution in [2.45, 2.75) is 44.4 Å². The van der Waals surface area contributed by atoms with Crippen LogP contribution >= 0.6 is 0 Å². The Labute approximate surface area is 171 Å². The Bertz CT molecular complexity index is 771. The minimum atomic E-state index is -0.394. The number of hydrogen-bond acceptors (Lipinski definition) is 5. The average Bonchev–Trinajstić information content (AvgIpc) is 2.97. The molecule has 3 saturated heterocycles. The maximum absolute atomic E-state index is 12.9. The van der Waals surface area contributed by atoms with E-state index in [1.807, 2.05) is 37.4 Å². The Kier molecular flexibility index (Phi) is 5.82. The second-order valence-corrected chi connectivity index (χ2v) is 8.27. The summed E-state index contributed by atoms with van der Waals surface area (Å²) in [6, 6.07) is 9.14. The van der Waals surface area contributed by atoms with Gasteiger partial charge in [-0.15, -0.1) is 0 Å². The van der Waals surface area contributed by atoms with E-state index in [1.54, 1.807) is 4.90 Å². The topological polar surface area (TPSA) is 89.0 Å². The number of nitrogens with zero attached hydrogens (tertiary/aromatic N) is 3. The fourth-order valence-corrected chi connectivity index (χ4v) is 4.51. The lowest BCUT2D eigenvalue weighted by atomic mass is 9.96. The van der Waals surface area contributed by atoms with Crippen molar-refractivity contribution >= 4 is 17.8 Å². The molecule has 1 aromatic carbocycles. The van der Waals surface area contributed by atoms with Crippen molar-refractivity contribution < 1.29 is 14.4 Å². The predicted octanol–water partition coefficient (Wildman–Crippen LogP) is 1.82. The Hall–Kier alpha value is -2.45. The molecule has 3 aliphatic rings. The molecule has 0 aromatic heterocycles. The number of hydroxylamine groups is 2. The number of rotatable bonds is 5. The molecule has 2 N–H and O–H groups in total. The van der Waals surface area contributed by atoms with Crippen LogP contribution in [0.5, 0.6) is 0 Å². The number of amidine groups is 1. The van der Waals surface area contributed by atoms with Crippen LogP contribution in [-0.2, 0) is 16.2 Å². The molecule has 29 heavy (non-hydrogen) atoms. The van der Waals surface area contributed by atoms with E-state index < -0.39 is 6.04 Å². The zero-order valence-corrected chi connectivity index (χ0v) is 16.8. The maximum Gasteiger partial charge on any atom is 0.344 e. The van der Waals surface area contributed by atoms with E-state index in [1.165, 1.54) is 5.06 Å². The van der Waals surface area contributed by atoms with Gasteiger partial charge in [0.15, 0.2) is 0 Å². The fraction of sp³-hybridized carbons (Fsp3) is 0.571. The third-order valence-corrected chi connectivity index (χ3v) is 6.12. The first-order valence-electron chi connectivity index (χ1n) is 10.4. The van der Waals surface area contributed by atoms with Gasteiger partial charge in [0.2, 0.25) is 5.91 Å². The number of nitrogens with one attached hydrogen (secondary N) is 2. The maximum atomic E-state index is 12.9. The molecule has 8 nitrogen and oxygen atoms in total. The highest BCUT2D eigenvalue weighted by Gasteiger charge is 2.47. The van der Waals surface area contributed by atoms with Gasteiger partial charge in [0, 0.05) is 13.1 Å². The van der Waals surface area contributed by atoms with E-state index in [-0.39, 0.29) is 29.7 Å². The summed E-state index contributed by atoms with van der Waals surface area (Å²) in [5, 5.41) is 12.7. The van der Waals surface area contributed by atoms with Gasteiger partial charge in [-0.25, -0.2) is 4.79 Å². The number of urea groups is 1. The third-order valence-electron chi connectivity index (χ3n) is 6.12. The predicted molar refractivity (Wildman–Crippen MR) is 108 cm³/mol. The highest BCUT2D eigenvalue weighted by atomic mass is 16.7. The molecule has 3 aliphatic heterocycles. The van der Waals surface area contributed by atoms with E-state index >= 15 is 0 Å². The summed E-state index contributed by atoms with van der Waals surface area (Å²) >= 11 is 0. The lowest BCUT2D eigenvalue weighted by Gasteiger charge is -2.32. The number of benzene rings is 1. The van der Waals surface area contributed by atoms with Gasteiger partial charge in [-0.1, -0.05) is 30.3 Å². The molecule has 3 atom stereocenters. The van der Waals surface area contributed by atoms with E-state index in [4.69, 9.17) is 10.2 Å². The summed E-state index contributed by atoms with van der Waals surface area (Å²) in [5.74, 6) is -0.0714. The summed E-state index contributed by atoms with van der Waals surface area (Å²) in [7, 11) is 2.01. The van der Waals surface area contributed by atoms with Crippen LogP contribution in [0.25, 0.3) is 0 Å². The molecule has 0 radical (unpaired) electrons. The van der Waals surface area contributed by atoms with Crippen molar-refractivity contribution in [1.82, 2.24) is 20.2 Å². The molecule has 2 bridgehead atoms. The fourth-order valence-electron chi connectivity index (χ4n) is 4.51. The second kappa shape index (κ2) is 8.51. The molecular formula is C21H29N5O3. The molecule has 1 aromatic rings. The number of likely N-dealkylation sites (tertiary alicyclic amines) is 1. The highest BCUT2D eigenvalue weighted by molar-refractivity contribution is 6.01. The van der Waals surface area contributed by atoms with Gasteiger partial charge in [-0.05, 0) is 44.8 Å². The summed E-state index contributed by atoms with van der Waals surface area (Å²) in [6.07, 6.45) is 3.25. The largest absolute Gasteiger partial charge is 0.344 e. The summed E-state index contributed by atoms with van der Waals surface area (Å²) in [6.45, 7) is 2.59. The van der Waals surface area contributed by atoms with Gasteiger partial charge in [-0.2, -0.15) is 5.06 Å². The first-order chi connectivity index (χ1) is 14.0. The highest BCUT2D eigenvalue weighted by Crippen LogP contribution is 2.30. The minimum absolute atomic E-state index is 0.00189. The van der Waals surface area contributed by atoms with Crippen molar-refractivity contribution in [3.05, 3.63) is 35.9 Å². The van der Waals surface area contributed by atoms with Crippen LogP contribution in [-0.4, -0.2) is 71.4 Å². The van der Waals surface area contributed by atoms with Crippen LogP contribution in [0.1, 0.15) is 31.2 Å². The monoisotopic (exact) mass is 399 g/mol. The Morgan fingerprint density at radius 1 is 1.21 bits per heavy atom. The second-order valence-electron chi connectivity index (χ2n) is 8.27. The Morgan fingerprint density at radius 3 is 2.76 bits per heavy atom. The van der Waals surface area contributed by atoms with Gasteiger partial charge in [0.1, 0.15) is 12.4 Å². The molecule has 3 amide bonds. The van der Waals surface area contributed by atoms with Crippen LogP contribution in [0.3, 0.4) is 0 Å². The molecule has 0 unspecified atom stereocenters. The minimum Gasteiger partial charge on any atom is -0.313 e. The van der Waals surface area contributed by atoms with Crippen LogP contribution < -0.4 is 5.32 Å². The van der Waals surface area contributed by atoms with Crippen molar-refractivity contribution in [3.63, 3.8) is 0 Å². The van der Waals surface area contributed by atoms with Gasteiger partial charge in [0.25, 0.3) is 0 Å². The van der Waals surface area contributed by atoms with Gasteiger partial charge < -0.3 is 15.1 Å². The van der Waals surface area contributed by atoms with Crippen LogP contribution in [0, 0.1) is 11.3 Å². The van der Waals surface area contributed by atoms with E-state index in [9.17, 15) is 9.59 Å². The van der Waals surface area contributed by atoms with E-state index in [2.05, 4.69) is 10.2 Å². The number of hydrogen-bond donors (Lipinski definition) is 2. The van der Waals surface area contributed by atoms with E-state index in [0.717, 1.165) is 37.9 Å². The zero-order chi connectivity index (χ0) is 20.4. The molecule has 4 rings (SSSR count).